The number of halogens is 2. The summed E-state index contributed by atoms with van der Waals surface area (Å²) in [6.45, 7) is 2.86. The fraction of sp³-hybridized carbons (Fsp3) is 0.231. The summed E-state index contributed by atoms with van der Waals surface area (Å²) >= 11 is 6.10. The summed E-state index contributed by atoms with van der Waals surface area (Å²) < 4.78 is 16.6. The van der Waals surface area contributed by atoms with Crippen LogP contribution in [0.4, 0.5) is 4.39 Å². The predicted molar refractivity (Wildman–Crippen MR) is 197 cm³/mol. The van der Waals surface area contributed by atoms with Gasteiger partial charge in [0, 0.05) is 54.3 Å². The van der Waals surface area contributed by atoms with Crippen molar-refractivity contribution < 1.29 is 23.6 Å². The Balaban J connectivity index is 1.33. The van der Waals surface area contributed by atoms with E-state index in [0.29, 0.717) is 41.9 Å². The summed E-state index contributed by atoms with van der Waals surface area (Å²) in [5, 5.41) is 13.8. The van der Waals surface area contributed by atoms with E-state index in [0.717, 1.165) is 16.7 Å². The molecule has 1 unspecified atom stereocenters. The van der Waals surface area contributed by atoms with Gasteiger partial charge < -0.3 is 15.1 Å². The minimum absolute atomic E-state index is 0.00897. The summed E-state index contributed by atoms with van der Waals surface area (Å²) in [6, 6.07) is 18.0. The molecule has 1 aliphatic rings. The van der Waals surface area contributed by atoms with Crippen LogP contribution in [0.5, 0.6) is 0 Å². The minimum atomic E-state index is -1.00. The molecule has 6 rings (SSSR count). The topological polar surface area (TPSA) is 143 Å². The third-order valence-electron chi connectivity index (χ3n) is 9.00. The number of nitrogens with zero attached hydrogens (tertiary/aromatic N) is 7. The van der Waals surface area contributed by atoms with Crippen LogP contribution in [0.25, 0.3) is 22.9 Å². The number of carbonyl (C=O) groups excluding carboxylic acids is 4. The van der Waals surface area contributed by atoms with Crippen LogP contribution in [0.15, 0.2) is 85.3 Å². The number of aromatic nitrogens is 5. The standard InChI is InChI=1S/C39H36ClFN8O4/c1-24(50)27-11-12-28(43-22-27)21-35(51)38-31-6-4-5-29(25-7-9-26(10-8-25)39(53)42-18-20-47(2)3)30(31)17-19-48(38)36(52)16-13-32-34(49-23-44-45-46-49)15-14-33(40)37(32)41/h4-16,22-23,38H,17-21H2,1-3H3,(H,42,53)/b16-13+. The van der Waals surface area contributed by atoms with Gasteiger partial charge in [-0.25, -0.2) is 4.39 Å². The molecule has 1 atom stereocenters. The van der Waals surface area contributed by atoms with E-state index in [-0.39, 0.29) is 46.7 Å². The Morgan fingerprint density at radius 3 is 2.47 bits per heavy atom. The first-order valence-electron chi connectivity index (χ1n) is 16.9. The first kappa shape index (κ1) is 36.9. The van der Waals surface area contributed by atoms with E-state index >= 15 is 4.39 Å². The van der Waals surface area contributed by atoms with Crippen LogP contribution in [-0.4, -0.2) is 92.1 Å². The van der Waals surface area contributed by atoms with Crippen molar-refractivity contribution >= 4 is 41.1 Å². The van der Waals surface area contributed by atoms with Gasteiger partial charge in [-0.3, -0.25) is 24.2 Å². The highest BCUT2D eigenvalue weighted by Gasteiger charge is 2.36. The van der Waals surface area contributed by atoms with E-state index in [4.69, 9.17) is 11.6 Å². The van der Waals surface area contributed by atoms with Crippen molar-refractivity contribution in [3.05, 3.63) is 130 Å². The van der Waals surface area contributed by atoms with Gasteiger partial charge in [-0.1, -0.05) is 41.9 Å². The lowest BCUT2D eigenvalue weighted by atomic mass is 9.84. The molecule has 2 amide bonds. The molecule has 0 bridgehead atoms. The molecule has 2 aromatic heterocycles. The zero-order chi connectivity index (χ0) is 37.6. The largest absolute Gasteiger partial charge is 0.351 e. The normalized spacial score (nSPS) is 14.0. The second-order valence-electron chi connectivity index (χ2n) is 12.8. The smallest absolute Gasteiger partial charge is 0.251 e. The van der Waals surface area contributed by atoms with Crippen LogP contribution in [0.3, 0.4) is 0 Å². The quantitative estimate of drug-likeness (QED) is 0.139. The van der Waals surface area contributed by atoms with E-state index in [1.807, 2.05) is 49.3 Å². The van der Waals surface area contributed by atoms with E-state index < -0.39 is 17.8 Å². The Morgan fingerprint density at radius 1 is 1.02 bits per heavy atom. The number of hydrogen-bond acceptors (Lipinski definition) is 9. The third kappa shape index (κ3) is 8.27. The third-order valence-corrected chi connectivity index (χ3v) is 9.29. The molecule has 270 valence electrons. The van der Waals surface area contributed by atoms with Gasteiger partial charge in [0.2, 0.25) is 5.91 Å². The molecule has 12 nitrogen and oxygen atoms in total. The van der Waals surface area contributed by atoms with E-state index in [1.165, 1.54) is 53.3 Å². The van der Waals surface area contributed by atoms with Gasteiger partial charge in [-0.15, -0.1) is 5.10 Å². The Bertz CT molecular complexity index is 2190. The van der Waals surface area contributed by atoms with Crippen LogP contribution in [-0.2, 0) is 22.4 Å². The predicted octanol–water partition coefficient (Wildman–Crippen LogP) is 4.96. The molecule has 3 aromatic carbocycles. The van der Waals surface area contributed by atoms with Crippen molar-refractivity contribution in [1.82, 2.24) is 40.3 Å². The molecule has 0 fully saturated rings. The van der Waals surface area contributed by atoms with Gasteiger partial charge in [0.1, 0.15) is 12.4 Å². The molecule has 0 saturated carbocycles. The fourth-order valence-corrected chi connectivity index (χ4v) is 6.43. The average molecular weight is 735 g/mol. The average Bonchev–Trinajstić information content (AvgIpc) is 3.69. The summed E-state index contributed by atoms with van der Waals surface area (Å²) in [5.41, 5.74) is 4.91. The van der Waals surface area contributed by atoms with Gasteiger partial charge in [0.25, 0.3) is 5.91 Å². The van der Waals surface area contributed by atoms with E-state index in [2.05, 4.69) is 25.8 Å². The van der Waals surface area contributed by atoms with Crippen LogP contribution in [0.1, 0.15) is 56.1 Å². The fourth-order valence-electron chi connectivity index (χ4n) is 6.27. The molecule has 3 heterocycles. The first-order chi connectivity index (χ1) is 25.5. The van der Waals surface area contributed by atoms with Crippen molar-refractivity contribution in [3.8, 4) is 16.8 Å². The van der Waals surface area contributed by atoms with E-state index in [9.17, 15) is 19.2 Å². The number of likely N-dealkylation sites (N-methyl/N-ethyl adjacent to an activating group) is 1. The molecule has 0 spiro atoms. The molecule has 0 radical (unpaired) electrons. The van der Waals surface area contributed by atoms with Gasteiger partial charge in [0.15, 0.2) is 17.4 Å². The molecule has 14 heteroatoms. The molecule has 53 heavy (non-hydrogen) atoms. The lowest BCUT2D eigenvalue weighted by Crippen LogP contribution is -2.43. The summed E-state index contributed by atoms with van der Waals surface area (Å²) in [4.78, 5) is 60.6. The number of fused-ring (bicyclic) bond motifs is 1. The maximum atomic E-state index is 15.3. The maximum Gasteiger partial charge on any atom is 0.251 e. The molecular formula is C39H36ClFN8O4. The zero-order valence-corrected chi connectivity index (χ0v) is 30.0. The Kier molecular flexibility index (Phi) is 11.3. The lowest BCUT2D eigenvalue weighted by molar-refractivity contribution is -0.136. The van der Waals surface area contributed by atoms with Crippen LogP contribution < -0.4 is 5.32 Å². The van der Waals surface area contributed by atoms with Crippen LogP contribution >= 0.6 is 11.6 Å². The first-order valence-corrected chi connectivity index (χ1v) is 17.2. The molecule has 1 N–H and O–H groups in total. The highest BCUT2D eigenvalue weighted by Crippen LogP contribution is 2.38. The molecule has 0 aliphatic carbocycles. The number of hydrogen-bond donors (Lipinski definition) is 1. The van der Waals surface area contributed by atoms with Gasteiger partial charge in [-0.2, -0.15) is 4.68 Å². The van der Waals surface area contributed by atoms with Crippen LogP contribution in [0.2, 0.25) is 5.02 Å². The Hall–Kier alpha value is -5.92. The number of amides is 2. The minimum Gasteiger partial charge on any atom is -0.351 e. The number of benzene rings is 3. The summed E-state index contributed by atoms with van der Waals surface area (Å²) in [7, 11) is 3.87. The number of ketones is 2. The number of rotatable bonds is 12. The molecule has 0 saturated heterocycles. The lowest BCUT2D eigenvalue weighted by Gasteiger charge is -2.37. The van der Waals surface area contributed by atoms with Gasteiger partial charge in [-0.05, 0) is 103 Å². The van der Waals surface area contributed by atoms with Gasteiger partial charge >= 0.3 is 0 Å². The zero-order valence-electron chi connectivity index (χ0n) is 29.3. The Morgan fingerprint density at radius 2 is 1.79 bits per heavy atom. The second kappa shape index (κ2) is 16.2. The van der Waals surface area contributed by atoms with E-state index in [1.54, 1.807) is 24.3 Å². The second-order valence-corrected chi connectivity index (χ2v) is 13.2. The summed E-state index contributed by atoms with van der Waals surface area (Å²) in [6.07, 6.45) is 5.55. The van der Waals surface area contributed by atoms with Crippen molar-refractivity contribution in [3.63, 3.8) is 0 Å². The van der Waals surface area contributed by atoms with Crippen molar-refractivity contribution in [2.75, 3.05) is 33.7 Å². The van der Waals surface area contributed by atoms with Gasteiger partial charge in [0.05, 0.1) is 17.1 Å². The Labute approximate surface area is 310 Å². The number of tetrazole rings is 1. The molecular weight excluding hydrogens is 699 g/mol. The highest BCUT2D eigenvalue weighted by atomic mass is 35.5. The van der Waals surface area contributed by atoms with Crippen molar-refractivity contribution in [2.45, 2.75) is 25.8 Å². The maximum absolute atomic E-state index is 15.3. The summed E-state index contributed by atoms with van der Waals surface area (Å²) in [5.74, 6) is -1.90. The molecule has 1 aliphatic heterocycles. The highest BCUT2D eigenvalue weighted by molar-refractivity contribution is 6.31. The van der Waals surface area contributed by atoms with Crippen molar-refractivity contribution in [2.24, 2.45) is 0 Å². The number of nitrogens with one attached hydrogen (secondary N) is 1. The number of carbonyl (C=O) groups is 4. The van der Waals surface area contributed by atoms with Crippen molar-refractivity contribution in [1.29, 1.82) is 0 Å². The SMILES string of the molecule is CC(=O)c1ccc(CC(=O)C2c3cccc(-c4ccc(C(=O)NCCN(C)C)cc4)c3CCN2C(=O)/C=C/c2c(-n3cnnn3)ccc(Cl)c2F)nc1. The monoisotopic (exact) mass is 734 g/mol. The molecule has 5 aromatic rings. The number of Topliss-reactive ketones (excluding diaryl/α,β-unsaturated/α-hetero) is 2. The van der Waals surface area contributed by atoms with Crippen LogP contribution in [0, 0.1) is 5.82 Å². The number of pyridine rings is 1.